The fraction of sp³-hybridized carbons (Fsp3) is 0.409. The summed E-state index contributed by atoms with van der Waals surface area (Å²) in [5.41, 5.74) is 3.51. The lowest BCUT2D eigenvalue weighted by molar-refractivity contribution is -0.118. The molecular formula is C22H26N2O3S. The van der Waals surface area contributed by atoms with Gasteiger partial charge in [-0.25, -0.2) is 8.42 Å². The lowest BCUT2D eigenvalue weighted by Gasteiger charge is -2.28. The zero-order chi connectivity index (χ0) is 19.8. The van der Waals surface area contributed by atoms with Crippen molar-refractivity contribution in [2.24, 2.45) is 0 Å². The van der Waals surface area contributed by atoms with Crippen LogP contribution in [0.1, 0.15) is 42.9 Å². The number of sulfonamides is 1. The van der Waals surface area contributed by atoms with Gasteiger partial charge in [-0.3, -0.25) is 4.79 Å². The molecule has 4 rings (SSSR count). The van der Waals surface area contributed by atoms with Crippen LogP contribution >= 0.6 is 0 Å². The van der Waals surface area contributed by atoms with Gasteiger partial charge >= 0.3 is 0 Å². The largest absolute Gasteiger partial charge is 0.325 e. The lowest BCUT2D eigenvalue weighted by Crippen LogP contribution is -2.37. The smallest absolute Gasteiger partial charge is 0.235 e. The number of hydrogen-bond acceptors (Lipinski definition) is 3. The molecule has 6 heteroatoms. The molecule has 0 spiro atoms. The second-order valence-electron chi connectivity index (χ2n) is 7.79. The number of hydrogen-bond donors (Lipinski definition) is 1. The van der Waals surface area contributed by atoms with Gasteiger partial charge < -0.3 is 5.32 Å². The molecule has 1 aliphatic heterocycles. The molecule has 0 aromatic heterocycles. The molecule has 0 saturated heterocycles. The third-order valence-corrected chi connectivity index (χ3v) is 7.83. The summed E-state index contributed by atoms with van der Waals surface area (Å²) in [6.45, 7) is 2.78. The first-order valence-electron chi connectivity index (χ1n) is 9.91. The number of nitrogens with one attached hydrogen (secondary N) is 1. The van der Waals surface area contributed by atoms with Crippen LogP contribution in [-0.2, 0) is 33.2 Å². The highest BCUT2D eigenvalue weighted by Gasteiger charge is 2.51. The van der Waals surface area contributed by atoms with E-state index in [1.807, 2.05) is 55.5 Å². The zero-order valence-electron chi connectivity index (χ0n) is 16.1. The summed E-state index contributed by atoms with van der Waals surface area (Å²) >= 11 is 0. The Bertz CT molecular complexity index is 982. The SMILES string of the molecule is CCCS(=O)(=O)N1CCc2ccc(NC(=O)C3(c4ccccc4)CC3)cc2C1. The molecule has 1 aliphatic carbocycles. The number of anilines is 1. The van der Waals surface area contributed by atoms with Crippen molar-refractivity contribution in [3.8, 4) is 0 Å². The second-order valence-corrected chi connectivity index (χ2v) is 9.87. The van der Waals surface area contributed by atoms with Crippen molar-refractivity contribution in [1.82, 2.24) is 4.31 Å². The minimum absolute atomic E-state index is 0.0184. The van der Waals surface area contributed by atoms with Crippen LogP contribution in [0.2, 0.25) is 0 Å². The molecule has 1 heterocycles. The van der Waals surface area contributed by atoms with E-state index in [0.717, 1.165) is 35.2 Å². The van der Waals surface area contributed by atoms with Gasteiger partial charge in [-0.05, 0) is 54.5 Å². The van der Waals surface area contributed by atoms with Crippen molar-refractivity contribution < 1.29 is 13.2 Å². The first kappa shape index (κ1) is 19.2. The minimum atomic E-state index is -3.22. The second kappa shape index (κ2) is 7.33. The first-order chi connectivity index (χ1) is 13.4. The quantitative estimate of drug-likeness (QED) is 0.810. The van der Waals surface area contributed by atoms with Crippen molar-refractivity contribution >= 4 is 21.6 Å². The predicted molar refractivity (Wildman–Crippen MR) is 111 cm³/mol. The van der Waals surface area contributed by atoms with E-state index in [0.29, 0.717) is 25.9 Å². The normalized spacial score (nSPS) is 18.3. The Kier molecular flexibility index (Phi) is 5.02. The molecule has 0 atom stereocenters. The molecule has 2 aromatic carbocycles. The molecule has 2 aromatic rings. The molecule has 1 saturated carbocycles. The average Bonchev–Trinajstić information content (AvgIpc) is 3.50. The monoisotopic (exact) mass is 398 g/mol. The van der Waals surface area contributed by atoms with Crippen LogP contribution in [0, 0.1) is 0 Å². The van der Waals surface area contributed by atoms with Gasteiger partial charge in [0.25, 0.3) is 0 Å². The van der Waals surface area contributed by atoms with Gasteiger partial charge in [0, 0.05) is 18.8 Å². The van der Waals surface area contributed by atoms with E-state index in [1.54, 1.807) is 4.31 Å². The molecule has 0 unspecified atom stereocenters. The molecule has 1 N–H and O–H groups in total. The topological polar surface area (TPSA) is 66.5 Å². The molecular weight excluding hydrogens is 372 g/mol. The Morgan fingerprint density at radius 3 is 2.54 bits per heavy atom. The standard InChI is InChI=1S/C22H26N2O3S/c1-2-14-28(26,27)24-13-10-17-8-9-20(15-18(17)16-24)23-21(25)22(11-12-22)19-6-4-3-5-7-19/h3-9,15H,2,10-14,16H2,1H3,(H,23,25). The Morgan fingerprint density at radius 2 is 1.86 bits per heavy atom. The highest BCUT2D eigenvalue weighted by atomic mass is 32.2. The Labute approximate surface area is 166 Å². The highest BCUT2D eigenvalue weighted by Crippen LogP contribution is 2.49. The van der Waals surface area contributed by atoms with Crippen molar-refractivity contribution in [3.05, 3.63) is 65.2 Å². The maximum absolute atomic E-state index is 13.0. The van der Waals surface area contributed by atoms with Crippen LogP contribution in [0.4, 0.5) is 5.69 Å². The van der Waals surface area contributed by atoms with Crippen molar-refractivity contribution in [3.63, 3.8) is 0 Å². The Balaban J connectivity index is 1.52. The van der Waals surface area contributed by atoms with Crippen LogP contribution in [0.3, 0.4) is 0 Å². The molecule has 148 valence electrons. The summed E-state index contributed by atoms with van der Waals surface area (Å²) < 4.78 is 26.4. The molecule has 5 nitrogen and oxygen atoms in total. The Hall–Kier alpha value is -2.18. The molecule has 2 aliphatic rings. The van der Waals surface area contributed by atoms with E-state index in [-0.39, 0.29) is 11.7 Å². The van der Waals surface area contributed by atoms with Gasteiger partial charge in [-0.1, -0.05) is 43.3 Å². The van der Waals surface area contributed by atoms with Crippen molar-refractivity contribution in [2.45, 2.75) is 44.6 Å². The van der Waals surface area contributed by atoms with Crippen LogP contribution < -0.4 is 5.32 Å². The van der Waals surface area contributed by atoms with Gasteiger partial charge in [0.15, 0.2) is 0 Å². The van der Waals surface area contributed by atoms with E-state index in [1.165, 1.54) is 0 Å². The summed E-state index contributed by atoms with van der Waals surface area (Å²) in [4.78, 5) is 13.0. The third-order valence-electron chi connectivity index (χ3n) is 5.81. The fourth-order valence-corrected chi connectivity index (χ4v) is 5.49. The Morgan fingerprint density at radius 1 is 1.11 bits per heavy atom. The molecule has 0 bridgehead atoms. The van der Waals surface area contributed by atoms with E-state index < -0.39 is 15.4 Å². The van der Waals surface area contributed by atoms with Gasteiger partial charge in [0.2, 0.25) is 15.9 Å². The van der Waals surface area contributed by atoms with Crippen molar-refractivity contribution in [1.29, 1.82) is 0 Å². The molecule has 1 fully saturated rings. The summed E-state index contributed by atoms with van der Waals surface area (Å²) in [6, 6.07) is 15.8. The minimum Gasteiger partial charge on any atom is -0.325 e. The number of benzene rings is 2. The van der Waals surface area contributed by atoms with Gasteiger partial charge in [-0.2, -0.15) is 4.31 Å². The number of carbonyl (C=O) groups is 1. The highest BCUT2D eigenvalue weighted by molar-refractivity contribution is 7.89. The van der Waals surface area contributed by atoms with Gasteiger partial charge in [0.1, 0.15) is 0 Å². The number of amides is 1. The van der Waals surface area contributed by atoms with Crippen LogP contribution in [0.15, 0.2) is 48.5 Å². The van der Waals surface area contributed by atoms with Crippen LogP contribution in [0.5, 0.6) is 0 Å². The van der Waals surface area contributed by atoms with Crippen molar-refractivity contribution in [2.75, 3.05) is 17.6 Å². The van der Waals surface area contributed by atoms with E-state index >= 15 is 0 Å². The number of rotatable bonds is 6. The number of fused-ring (bicyclic) bond motifs is 1. The number of nitrogens with zero attached hydrogens (tertiary/aromatic N) is 1. The van der Waals surface area contributed by atoms with Crippen LogP contribution in [0.25, 0.3) is 0 Å². The maximum atomic E-state index is 13.0. The molecule has 0 radical (unpaired) electrons. The first-order valence-corrected chi connectivity index (χ1v) is 11.5. The molecule has 1 amide bonds. The predicted octanol–water partition coefficient (Wildman–Crippen LogP) is 3.45. The maximum Gasteiger partial charge on any atom is 0.235 e. The summed E-state index contributed by atoms with van der Waals surface area (Å²) in [6.07, 6.45) is 3.04. The molecule has 28 heavy (non-hydrogen) atoms. The lowest BCUT2D eigenvalue weighted by atomic mass is 9.94. The number of carbonyl (C=O) groups excluding carboxylic acids is 1. The van der Waals surface area contributed by atoms with Gasteiger partial charge in [-0.15, -0.1) is 0 Å². The zero-order valence-corrected chi connectivity index (χ0v) is 17.0. The summed E-state index contributed by atoms with van der Waals surface area (Å²) in [5.74, 6) is 0.197. The third kappa shape index (κ3) is 3.59. The summed E-state index contributed by atoms with van der Waals surface area (Å²) in [7, 11) is -3.22. The van der Waals surface area contributed by atoms with E-state index in [2.05, 4.69) is 5.32 Å². The average molecular weight is 399 g/mol. The fourth-order valence-electron chi connectivity index (χ4n) is 4.01. The van der Waals surface area contributed by atoms with Gasteiger partial charge in [0.05, 0.1) is 11.2 Å². The van der Waals surface area contributed by atoms with E-state index in [9.17, 15) is 13.2 Å². The van der Waals surface area contributed by atoms with E-state index in [4.69, 9.17) is 0 Å². The van der Waals surface area contributed by atoms with Crippen LogP contribution in [-0.4, -0.2) is 30.9 Å². The summed E-state index contributed by atoms with van der Waals surface area (Å²) in [5, 5.41) is 3.07.